The van der Waals surface area contributed by atoms with Crippen LogP contribution in [0.15, 0.2) is 52.6 Å². The van der Waals surface area contributed by atoms with Gasteiger partial charge in [-0.3, -0.25) is 14.6 Å². The minimum Gasteiger partial charge on any atom is -0.380 e. The molecule has 0 bridgehead atoms. The molecule has 3 aromatic heterocycles. The van der Waals surface area contributed by atoms with E-state index >= 15 is 0 Å². The average molecular weight is 582 g/mol. The molecule has 1 saturated carbocycles. The first kappa shape index (κ1) is 28.2. The van der Waals surface area contributed by atoms with Crippen LogP contribution in [0.4, 0.5) is 36.4 Å². The summed E-state index contributed by atoms with van der Waals surface area (Å²) in [7, 11) is 0. The number of pyridine rings is 1. The summed E-state index contributed by atoms with van der Waals surface area (Å²) in [6, 6.07) is 3.46. The maximum atomic E-state index is 15.0. The minimum absolute atomic E-state index is 0.0449. The third-order valence-electron chi connectivity index (χ3n) is 7.02. The molecule has 1 aliphatic carbocycles. The van der Waals surface area contributed by atoms with E-state index in [4.69, 9.17) is 0 Å². The molecule has 0 spiro atoms. The Labute approximate surface area is 226 Å². The van der Waals surface area contributed by atoms with Gasteiger partial charge in [-0.05, 0) is 48.8 Å². The fourth-order valence-corrected chi connectivity index (χ4v) is 5.13. The Morgan fingerprint density at radius 3 is 2.46 bits per heavy atom. The van der Waals surface area contributed by atoms with Gasteiger partial charge in [0, 0.05) is 24.3 Å². The van der Waals surface area contributed by atoms with Crippen molar-refractivity contribution in [1.82, 2.24) is 24.7 Å². The lowest BCUT2D eigenvalue weighted by atomic mass is 9.85. The molecule has 1 aromatic carbocycles. The van der Waals surface area contributed by atoms with E-state index in [0.717, 1.165) is 18.5 Å². The van der Waals surface area contributed by atoms with Crippen LogP contribution in [0.25, 0.3) is 22.0 Å². The van der Waals surface area contributed by atoms with Crippen molar-refractivity contribution in [2.75, 3.05) is 5.32 Å². The molecule has 0 aliphatic heterocycles. The van der Waals surface area contributed by atoms with E-state index in [1.807, 2.05) is 0 Å². The molecule has 216 valence electrons. The van der Waals surface area contributed by atoms with Gasteiger partial charge in [-0.1, -0.05) is 6.42 Å². The zero-order valence-corrected chi connectivity index (χ0v) is 21.0. The van der Waals surface area contributed by atoms with Crippen LogP contribution in [0.5, 0.6) is 0 Å². The van der Waals surface area contributed by atoms with Crippen LogP contribution in [0.3, 0.4) is 0 Å². The van der Waals surface area contributed by atoms with Gasteiger partial charge in [-0.25, -0.2) is 14.5 Å². The molecule has 5 rings (SSSR count). The molecule has 15 heteroatoms. The van der Waals surface area contributed by atoms with Crippen LogP contribution >= 0.6 is 0 Å². The van der Waals surface area contributed by atoms with Gasteiger partial charge >= 0.3 is 12.4 Å². The van der Waals surface area contributed by atoms with E-state index in [1.54, 1.807) is 11.2 Å². The Balaban J connectivity index is 1.35. The molecule has 0 amide bonds. The molecule has 2 atom stereocenters. The van der Waals surface area contributed by atoms with Gasteiger partial charge < -0.3 is 9.88 Å². The average Bonchev–Trinajstić information content (AvgIpc) is 2.89. The van der Waals surface area contributed by atoms with Gasteiger partial charge in [0.2, 0.25) is 0 Å². The summed E-state index contributed by atoms with van der Waals surface area (Å²) in [4.78, 5) is 31.9. The molecule has 1 fully saturated rings. The SMILES string of the molecule is O=c1[nH]ncc(N[C@H]2CCC[C@@H](Cn3ccc4cc(-c5cnc(C(F)(F)F)cn5)c(F)cc4c3=O)C2)c1C(F)(F)F. The summed E-state index contributed by atoms with van der Waals surface area (Å²) in [5.74, 6) is -0.970. The van der Waals surface area contributed by atoms with Crippen molar-refractivity contribution >= 4 is 16.5 Å². The number of aromatic nitrogens is 5. The number of nitrogens with one attached hydrogen (secondary N) is 2. The minimum atomic E-state index is -4.88. The number of fused-ring (bicyclic) bond motifs is 1. The monoisotopic (exact) mass is 582 g/mol. The van der Waals surface area contributed by atoms with Crippen molar-refractivity contribution in [2.45, 2.75) is 50.6 Å². The Kier molecular flexibility index (Phi) is 7.30. The summed E-state index contributed by atoms with van der Waals surface area (Å²) >= 11 is 0. The Morgan fingerprint density at radius 2 is 1.78 bits per heavy atom. The lowest BCUT2D eigenvalue weighted by molar-refractivity contribution is -0.141. The topological polar surface area (TPSA) is 106 Å². The molecule has 2 N–H and O–H groups in total. The first-order valence-electron chi connectivity index (χ1n) is 12.4. The van der Waals surface area contributed by atoms with Gasteiger partial charge in [0.05, 0.1) is 35.4 Å². The Hall–Kier alpha value is -4.30. The number of H-pyrrole nitrogens is 1. The summed E-state index contributed by atoms with van der Waals surface area (Å²) in [5, 5.41) is 8.43. The summed E-state index contributed by atoms with van der Waals surface area (Å²) < 4.78 is 94.9. The fraction of sp³-hybridized carbons (Fsp3) is 0.346. The summed E-state index contributed by atoms with van der Waals surface area (Å²) in [6.45, 7) is 0.223. The van der Waals surface area contributed by atoms with Crippen LogP contribution in [0.2, 0.25) is 0 Å². The predicted octanol–water partition coefficient (Wildman–Crippen LogP) is 5.39. The number of rotatable bonds is 5. The first-order valence-corrected chi connectivity index (χ1v) is 12.4. The van der Waals surface area contributed by atoms with Crippen molar-refractivity contribution in [3.63, 3.8) is 0 Å². The van der Waals surface area contributed by atoms with Crippen LogP contribution in [-0.4, -0.2) is 30.8 Å². The van der Waals surface area contributed by atoms with Gasteiger partial charge in [0.1, 0.15) is 11.4 Å². The third kappa shape index (κ3) is 5.93. The van der Waals surface area contributed by atoms with E-state index in [1.165, 1.54) is 16.8 Å². The van der Waals surface area contributed by atoms with E-state index in [-0.39, 0.29) is 29.1 Å². The van der Waals surface area contributed by atoms with E-state index in [2.05, 4.69) is 20.4 Å². The second-order valence-electron chi connectivity index (χ2n) is 9.84. The van der Waals surface area contributed by atoms with Gasteiger partial charge in [-0.15, -0.1) is 0 Å². The summed E-state index contributed by atoms with van der Waals surface area (Å²) in [6.07, 6.45) is -3.53. The van der Waals surface area contributed by atoms with Crippen LogP contribution in [0.1, 0.15) is 36.9 Å². The van der Waals surface area contributed by atoms with E-state index in [0.29, 0.717) is 37.3 Å². The Bertz CT molecular complexity index is 1700. The molecule has 0 saturated heterocycles. The van der Waals surface area contributed by atoms with Crippen LogP contribution < -0.4 is 16.4 Å². The van der Waals surface area contributed by atoms with Gasteiger partial charge in [-0.2, -0.15) is 31.4 Å². The maximum absolute atomic E-state index is 15.0. The zero-order valence-electron chi connectivity index (χ0n) is 21.0. The molecule has 8 nitrogen and oxygen atoms in total. The second kappa shape index (κ2) is 10.6. The van der Waals surface area contributed by atoms with E-state index < -0.39 is 52.3 Å². The molecule has 0 radical (unpaired) electrons. The van der Waals surface area contributed by atoms with Gasteiger partial charge in [0.15, 0.2) is 5.69 Å². The highest BCUT2D eigenvalue weighted by atomic mass is 19.4. The number of halogens is 7. The van der Waals surface area contributed by atoms with Crippen molar-refractivity contribution in [3.05, 3.63) is 80.8 Å². The number of aromatic amines is 1. The first-order chi connectivity index (χ1) is 19.3. The van der Waals surface area contributed by atoms with Gasteiger partial charge in [0.25, 0.3) is 11.1 Å². The summed E-state index contributed by atoms with van der Waals surface area (Å²) in [5.41, 5.74) is -5.10. The van der Waals surface area contributed by atoms with Crippen molar-refractivity contribution in [1.29, 1.82) is 0 Å². The maximum Gasteiger partial charge on any atom is 0.434 e. The van der Waals surface area contributed by atoms with E-state index in [9.17, 15) is 40.3 Å². The number of hydrogen-bond acceptors (Lipinski definition) is 6. The molecule has 3 heterocycles. The Morgan fingerprint density at radius 1 is 1.00 bits per heavy atom. The highest BCUT2D eigenvalue weighted by Crippen LogP contribution is 2.34. The standard InChI is InChI=1S/C26H21F7N6O2/c27-18-8-16-14(7-17(18)19-9-35-21(11-34-19)25(28,29)30)4-5-39(24(16)41)12-13-2-1-3-15(6-13)37-20-10-36-38-23(40)22(20)26(31,32)33/h4-5,7-11,13,15H,1-3,6,12H2,(H2,37,38,40)/t13-,15+/m1/s1. The van der Waals surface area contributed by atoms with Crippen molar-refractivity contribution < 1.29 is 30.7 Å². The smallest absolute Gasteiger partial charge is 0.380 e. The lowest BCUT2D eigenvalue weighted by Crippen LogP contribution is -2.33. The second-order valence-corrected chi connectivity index (χ2v) is 9.84. The number of benzene rings is 1. The quantitative estimate of drug-likeness (QED) is 0.306. The number of nitrogens with zero attached hydrogens (tertiary/aromatic N) is 4. The fourth-order valence-electron chi connectivity index (χ4n) is 5.13. The molecule has 41 heavy (non-hydrogen) atoms. The van der Waals surface area contributed by atoms with Crippen molar-refractivity contribution in [3.8, 4) is 11.3 Å². The lowest BCUT2D eigenvalue weighted by Gasteiger charge is -2.31. The zero-order chi connectivity index (χ0) is 29.5. The largest absolute Gasteiger partial charge is 0.434 e. The van der Waals surface area contributed by atoms with Crippen LogP contribution in [-0.2, 0) is 18.9 Å². The third-order valence-corrected chi connectivity index (χ3v) is 7.02. The highest BCUT2D eigenvalue weighted by Gasteiger charge is 2.38. The molecular weight excluding hydrogens is 561 g/mol. The predicted molar refractivity (Wildman–Crippen MR) is 133 cm³/mol. The highest BCUT2D eigenvalue weighted by molar-refractivity contribution is 5.86. The number of alkyl halides is 6. The number of hydrogen-bond donors (Lipinski definition) is 2. The molecule has 1 aliphatic rings. The van der Waals surface area contributed by atoms with Crippen LogP contribution in [0, 0.1) is 11.7 Å². The number of anilines is 1. The molecule has 4 aromatic rings. The molecular formula is C26H21F7N6O2. The molecule has 0 unspecified atom stereocenters. The normalized spacial score (nSPS) is 18.0. The van der Waals surface area contributed by atoms with Crippen molar-refractivity contribution in [2.24, 2.45) is 5.92 Å².